The second-order valence-electron chi connectivity index (χ2n) is 14.2. The number of anilines is 2. The molecule has 20 heteroatoms. The van der Waals surface area contributed by atoms with Crippen LogP contribution in [0.15, 0.2) is 60.8 Å². The van der Waals surface area contributed by atoms with Crippen LogP contribution in [0.25, 0.3) is 11.3 Å². The molecule has 1 unspecified atom stereocenters. The van der Waals surface area contributed by atoms with E-state index in [9.17, 15) is 34.0 Å². The van der Waals surface area contributed by atoms with Crippen LogP contribution in [0.3, 0.4) is 0 Å². The number of hydrogen-bond donors (Lipinski definition) is 2. The van der Waals surface area contributed by atoms with Crippen LogP contribution in [0, 0.1) is 28.8 Å². The van der Waals surface area contributed by atoms with E-state index < -0.39 is 71.1 Å². The number of nitriles is 1. The molecule has 312 valence electrons. The molecule has 3 aromatic carbocycles. The number of carbonyl (C=O) groups excluding carboxylic acids is 6. The van der Waals surface area contributed by atoms with Crippen molar-refractivity contribution < 1.29 is 56.1 Å². The summed E-state index contributed by atoms with van der Waals surface area (Å²) in [6, 6.07) is 12.0. The zero-order valence-electron chi connectivity index (χ0n) is 32.3. The lowest BCUT2D eigenvalue weighted by Crippen LogP contribution is -2.54. The molecular formula is C41H32F3N7O9S. The normalized spacial score (nSPS) is 17.0. The number of piperidine rings is 1. The second kappa shape index (κ2) is 16.3. The molecule has 16 nitrogen and oxygen atoms in total. The van der Waals surface area contributed by atoms with Gasteiger partial charge < -0.3 is 24.4 Å². The van der Waals surface area contributed by atoms with Crippen LogP contribution in [0.4, 0.5) is 24.5 Å². The van der Waals surface area contributed by atoms with Gasteiger partial charge in [0.2, 0.25) is 11.8 Å². The van der Waals surface area contributed by atoms with Crippen molar-refractivity contribution in [2.75, 3.05) is 36.7 Å². The van der Waals surface area contributed by atoms with Crippen molar-refractivity contribution in [1.29, 1.82) is 5.26 Å². The lowest BCUT2D eigenvalue weighted by molar-refractivity contribution is -0.136. The molecule has 3 aliphatic rings. The number of imide groups is 2. The van der Waals surface area contributed by atoms with Crippen molar-refractivity contribution >= 4 is 64.1 Å². The summed E-state index contributed by atoms with van der Waals surface area (Å²) in [6.07, 6.45) is 1.15. The third-order valence-corrected chi connectivity index (χ3v) is 10.4. The first-order valence-electron chi connectivity index (χ1n) is 18.4. The van der Waals surface area contributed by atoms with Crippen molar-refractivity contribution in [2.45, 2.75) is 38.3 Å². The number of fused-ring (bicyclic) bond motifs is 1. The molecule has 2 saturated heterocycles. The molecule has 4 heterocycles. The molecule has 0 radical (unpaired) electrons. The van der Waals surface area contributed by atoms with Crippen molar-refractivity contribution in [2.24, 2.45) is 0 Å². The molecule has 0 saturated carbocycles. The number of nitrogens with one attached hydrogen (secondary N) is 2. The molecule has 7 rings (SSSR count). The zero-order chi connectivity index (χ0) is 43.9. The van der Waals surface area contributed by atoms with Crippen LogP contribution in [-0.4, -0.2) is 88.9 Å². The van der Waals surface area contributed by atoms with Gasteiger partial charge in [-0.1, -0.05) is 6.07 Å². The predicted molar refractivity (Wildman–Crippen MR) is 211 cm³/mol. The van der Waals surface area contributed by atoms with E-state index in [2.05, 4.69) is 15.6 Å². The number of rotatable bonds is 12. The van der Waals surface area contributed by atoms with E-state index >= 15 is 13.2 Å². The number of methoxy groups -OCH3 is 1. The van der Waals surface area contributed by atoms with Gasteiger partial charge in [0.05, 0.1) is 47.9 Å². The lowest BCUT2D eigenvalue weighted by Gasteiger charge is -2.29. The summed E-state index contributed by atoms with van der Waals surface area (Å²) < 4.78 is 62.4. The van der Waals surface area contributed by atoms with Gasteiger partial charge in [-0.15, -0.1) is 0 Å². The quantitative estimate of drug-likeness (QED) is 0.118. The largest absolute Gasteiger partial charge is 0.492 e. The van der Waals surface area contributed by atoms with Gasteiger partial charge in [-0.2, -0.15) is 5.26 Å². The van der Waals surface area contributed by atoms with Gasteiger partial charge in [-0.05, 0) is 75.0 Å². The van der Waals surface area contributed by atoms with Crippen molar-refractivity contribution in [3.63, 3.8) is 0 Å². The van der Waals surface area contributed by atoms with E-state index in [1.807, 2.05) is 6.07 Å². The number of halogens is 3. The summed E-state index contributed by atoms with van der Waals surface area (Å²) in [5.41, 5.74) is -2.10. The summed E-state index contributed by atoms with van der Waals surface area (Å²) in [7, 11) is 1.17. The van der Waals surface area contributed by atoms with Gasteiger partial charge in [0.25, 0.3) is 23.6 Å². The molecular weight excluding hydrogens is 824 g/mol. The molecule has 3 aliphatic heterocycles. The Labute approximate surface area is 349 Å². The maximum absolute atomic E-state index is 15.7. The topological polar surface area (TPSA) is 201 Å². The fourth-order valence-electron chi connectivity index (χ4n) is 7.12. The molecule has 2 fully saturated rings. The Hall–Kier alpha value is -7.40. The summed E-state index contributed by atoms with van der Waals surface area (Å²) in [5.74, 6) is -7.52. The molecule has 6 amide bonds. The number of aromatic nitrogens is 1. The standard InChI is InChI=1S/C41H32F3N7O9S/c1-41(2)39(57)50(26-9-7-21(17-45)35(58-3)33(26)44)40(61)51(41)22-16-25(43)34(47-18-22)20-8-11-28(24(42)15-20)59-14-13-46-31(53)19-60-29-6-4-5-23-32(29)38(56)49(37(23)55)27-10-12-30(52)48-36(27)54/h4-9,11,15-16,18,27H,10,12-14,19H2,1-3H3,(H,46,53)(H,48,52,54). The summed E-state index contributed by atoms with van der Waals surface area (Å²) in [6.45, 7) is 2.14. The highest BCUT2D eigenvalue weighted by Gasteiger charge is 2.51. The Morgan fingerprint density at radius 2 is 1.79 bits per heavy atom. The molecule has 2 N–H and O–H groups in total. The van der Waals surface area contributed by atoms with Gasteiger partial charge in [0, 0.05) is 18.1 Å². The monoisotopic (exact) mass is 855 g/mol. The average molecular weight is 856 g/mol. The fourth-order valence-corrected chi connectivity index (χ4v) is 7.64. The molecule has 4 aromatic rings. The maximum atomic E-state index is 15.7. The zero-order valence-corrected chi connectivity index (χ0v) is 33.2. The van der Waals surface area contributed by atoms with Crippen LogP contribution in [-0.2, 0) is 19.2 Å². The number of carbonyl (C=O) groups is 6. The third-order valence-electron chi connectivity index (χ3n) is 10.1. The third kappa shape index (κ3) is 7.43. The highest BCUT2D eigenvalue weighted by Crippen LogP contribution is 2.41. The Kier molecular flexibility index (Phi) is 11.2. The predicted octanol–water partition coefficient (Wildman–Crippen LogP) is 3.94. The van der Waals surface area contributed by atoms with Crippen molar-refractivity contribution in [3.05, 3.63) is 94.9 Å². The van der Waals surface area contributed by atoms with Crippen LogP contribution < -0.4 is 34.6 Å². The number of benzene rings is 3. The fraction of sp³-hybridized carbons (Fsp3) is 0.244. The van der Waals surface area contributed by atoms with E-state index in [1.54, 1.807) is 0 Å². The number of ether oxygens (including phenoxy) is 3. The van der Waals surface area contributed by atoms with E-state index in [1.165, 1.54) is 74.5 Å². The highest BCUT2D eigenvalue weighted by atomic mass is 32.1. The summed E-state index contributed by atoms with van der Waals surface area (Å²) in [4.78, 5) is 83.5. The average Bonchev–Trinajstić information content (AvgIpc) is 3.58. The SMILES string of the molecule is COc1c(C#N)ccc(N2C(=O)C(C)(C)N(c3cnc(-c4ccc(OCCNC(=O)COc5cccc6c5C(=O)N(C5CCC(=O)NC5=O)C6=O)c(F)c4)c(F)c3)C2=S)c1F. The lowest BCUT2D eigenvalue weighted by atomic mass is 10.0. The number of amides is 6. The smallest absolute Gasteiger partial charge is 0.266 e. The van der Waals surface area contributed by atoms with Crippen molar-refractivity contribution in [3.8, 4) is 34.6 Å². The van der Waals surface area contributed by atoms with Gasteiger partial charge in [-0.3, -0.25) is 48.9 Å². The van der Waals surface area contributed by atoms with Gasteiger partial charge in [0.1, 0.15) is 35.7 Å². The molecule has 61 heavy (non-hydrogen) atoms. The van der Waals surface area contributed by atoms with Crippen LogP contribution in [0.5, 0.6) is 17.2 Å². The van der Waals surface area contributed by atoms with E-state index in [0.29, 0.717) is 0 Å². The molecule has 0 aliphatic carbocycles. The molecule has 1 atom stereocenters. The van der Waals surface area contributed by atoms with Gasteiger partial charge in [0.15, 0.2) is 40.7 Å². The maximum Gasteiger partial charge on any atom is 0.266 e. The number of hydrogen-bond acceptors (Lipinski definition) is 12. The minimum absolute atomic E-state index is 0.0211. The van der Waals surface area contributed by atoms with Crippen molar-refractivity contribution in [1.82, 2.24) is 20.5 Å². The highest BCUT2D eigenvalue weighted by molar-refractivity contribution is 7.81. The van der Waals surface area contributed by atoms with Crippen LogP contribution in [0.1, 0.15) is 53.0 Å². The van der Waals surface area contributed by atoms with Gasteiger partial charge >= 0.3 is 0 Å². The van der Waals surface area contributed by atoms with E-state index in [4.69, 9.17) is 26.4 Å². The number of thiocarbonyl (C=S) groups is 1. The molecule has 1 aromatic heterocycles. The molecule has 0 bridgehead atoms. The second-order valence-corrected chi connectivity index (χ2v) is 14.6. The Morgan fingerprint density at radius 3 is 2.48 bits per heavy atom. The first kappa shape index (κ1) is 41.7. The van der Waals surface area contributed by atoms with E-state index in [-0.39, 0.29) is 87.7 Å². The van der Waals surface area contributed by atoms with Gasteiger partial charge in [-0.25, -0.2) is 13.2 Å². The molecule has 0 spiro atoms. The minimum atomic E-state index is -1.44. The first-order valence-corrected chi connectivity index (χ1v) is 18.8. The summed E-state index contributed by atoms with van der Waals surface area (Å²) >= 11 is 5.57. The minimum Gasteiger partial charge on any atom is -0.492 e. The Balaban J connectivity index is 0.948. The Morgan fingerprint density at radius 1 is 1.02 bits per heavy atom. The number of nitrogens with zero attached hydrogens (tertiary/aromatic N) is 5. The van der Waals surface area contributed by atoms with Crippen LogP contribution in [0.2, 0.25) is 0 Å². The first-order chi connectivity index (χ1) is 29.1. The van der Waals surface area contributed by atoms with Crippen LogP contribution >= 0.6 is 12.2 Å². The van der Waals surface area contributed by atoms with E-state index in [0.717, 1.165) is 21.9 Å². The summed E-state index contributed by atoms with van der Waals surface area (Å²) in [5, 5.41) is 13.8. The number of pyridine rings is 1. The Bertz CT molecular complexity index is 2640.